The van der Waals surface area contributed by atoms with E-state index in [1.807, 2.05) is 24.3 Å². The minimum absolute atomic E-state index is 0.113. The van der Waals surface area contributed by atoms with E-state index in [-0.39, 0.29) is 10.8 Å². The predicted octanol–water partition coefficient (Wildman–Crippen LogP) is 4.18. The summed E-state index contributed by atoms with van der Waals surface area (Å²) in [6.45, 7) is 0. The van der Waals surface area contributed by atoms with Gasteiger partial charge in [-0.25, -0.2) is 0 Å². The van der Waals surface area contributed by atoms with Crippen LogP contribution >= 0.6 is 0 Å². The van der Waals surface area contributed by atoms with Gasteiger partial charge in [0.1, 0.15) is 4.90 Å². The fraction of sp³-hybridized carbons (Fsp3) is 0.391. The number of carbonyl (C=O) groups excluding carboxylic acids is 1. The quantitative estimate of drug-likeness (QED) is 0.800. The Morgan fingerprint density at radius 2 is 1.57 bits per heavy atom. The Kier molecular flexibility index (Phi) is 4.85. The number of carbonyl (C=O) groups is 1. The Morgan fingerprint density at radius 1 is 0.900 bits per heavy atom. The summed E-state index contributed by atoms with van der Waals surface area (Å²) in [5, 5.41) is 3.09. The Balaban J connectivity index is 1.34. The lowest BCUT2D eigenvalue weighted by Gasteiger charge is -2.34. The maximum Gasteiger partial charge on any atom is 0.285 e. The number of fused-ring (bicyclic) bond motifs is 1. The van der Waals surface area contributed by atoms with Crippen LogP contribution in [0.4, 0.5) is 5.69 Å². The number of nitrogens with one attached hydrogen (secondary N) is 1. The third kappa shape index (κ3) is 3.62. The SMILES string of the molecule is O=C(c1ccc(NC2=NS(=O)(=O)c3ccccc32)cc1)N(C1CCCCC1)C1CC1. The summed E-state index contributed by atoms with van der Waals surface area (Å²) in [4.78, 5) is 15.6. The molecule has 2 saturated carbocycles. The smallest absolute Gasteiger partial charge is 0.285 e. The molecule has 156 valence electrons. The molecular formula is C23H25N3O3S. The molecule has 0 atom stereocenters. The van der Waals surface area contributed by atoms with Gasteiger partial charge in [0.25, 0.3) is 15.9 Å². The fourth-order valence-electron chi connectivity index (χ4n) is 4.52. The van der Waals surface area contributed by atoms with Gasteiger partial charge in [-0.05, 0) is 62.1 Å². The van der Waals surface area contributed by atoms with Crippen LogP contribution in [0.3, 0.4) is 0 Å². The molecule has 5 rings (SSSR count). The normalized spacial score (nSPS) is 20.3. The van der Waals surface area contributed by atoms with Gasteiger partial charge >= 0.3 is 0 Å². The van der Waals surface area contributed by atoms with Gasteiger partial charge in [-0.1, -0.05) is 31.4 Å². The molecule has 0 saturated heterocycles. The van der Waals surface area contributed by atoms with Crippen molar-refractivity contribution in [3.8, 4) is 0 Å². The van der Waals surface area contributed by atoms with Crippen molar-refractivity contribution in [1.82, 2.24) is 4.90 Å². The van der Waals surface area contributed by atoms with E-state index in [2.05, 4.69) is 14.6 Å². The third-order valence-corrected chi connectivity index (χ3v) is 7.50. The van der Waals surface area contributed by atoms with E-state index >= 15 is 0 Å². The number of nitrogens with zero attached hydrogens (tertiary/aromatic N) is 2. The standard InChI is InChI=1S/C23H25N3O3S/c27-23(26(19-14-15-19)18-6-2-1-3-7-18)16-10-12-17(13-11-16)24-22-20-8-4-5-9-21(20)30(28,29)25-22/h4-5,8-13,18-19H,1-3,6-7,14-15H2,(H,24,25). The molecule has 0 aromatic heterocycles. The molecule has 30 heavy (non-hydrogen) atoms. The first kappa shape index (κ1) is 19.3. The molecule has 2 fully saturated rings. The second kappa shape index (κ2) is 7.54. The van der Waals surface area contributed by atoms with Gasteiger partial charge in [0.05, 0.1) is 0 Å². The van der Waals surface area contributed by atoms with E-state index in [4.69, 9.17) is 0 Å². The lowest BCUT2D eigenvalue weighted by atomic mass is 9.93. The molecule has 1 aliphatic heterocycles. The van der Waals surface area contributed by atoms with Crippen LogP contribution in [0.5, 0.6) is 0 Å². The summed E-state index contributed by atoms with van der Waals surface area (Å²) < 4.78 is 28.3. The monoisotopic (exact) mass is 423 g/mol. The highest BCUT2D eigenvalue weighted by Gasteiger charge is 2.38. The van der Waals surface area contributed by atoms with E-state index in [1.165, 1.54) is 19.3 Å². The van der Waals surface area contributed by atoms with Crippen molar-refractivity contribution >= 4 is 27.5 Å². The molecule has 1 heterocycles. The van der Waals surface area contributed by atoms with Gasteiger partial charge < -0.3 is 10.2 Å². The molecule has 7 heteroatoms. The zero-order valence-corrected chi connectivity index (χ0v) is 17.6. The van der Waals surface area contributed by atoms with Crippen LogP contribution in [0, 0.1) is 0 Å². The number of hydrogen-bond acceptors (Lipinski definition) is 4. The minimum Gasteiger partial charge on any atom is -0.339 e. The minimum atomic E-state index is -3.66. The average molecular weight is 424 g/mol. The molecule has 2 aliphatic carbocycles. The first-order valence-electron chi connectivity index (χ1n) is 10.7. The van der Waals surface area contributed by atoms with Crippen molar-refractivity contribution in [3.05, 3.63) is 59.7 Å². The van der Waals surface area contributed by atoms with Crippen molar-refractivity contribution in [3.63, 3.8) is 0 Å². The highest BCUT2D eigenvalue weighted by atomic mass is 32.2. The highest BCUT2D eigenvalue weighted by molar-refractivity contribution is 7.90. The van der Waals surface area contributed by atoms with Gasteiger partial charge in [0.15, 0.2) is 5.84 Å². The molecule has 2 aromatic carbocycles. The van der Waals surface area contributed by atoms with Crippen molar-refractivity contribution in [2.45, 2.75) is 61.9 Å². The van der Waals surface area contributed by atoms with Gasteiger partial charge in [-0.2, -0.15) is 8.42 Å². The van der Waals surface area contributed by atoms with E-state index < -0.39 is 10.0 Å². The van der Waals surface area contributed by atoms with Crippen molar-refractivity contribution in [2.75, 3.05) is 5.32 Å². The summed E-state index contributed by atoms with van der Waals surface area (Å²) in [7, 11) is -3.66. The molecule has 6 nitrogen and oxygen atoms in total. The summed E-state index contributed by atoms with van der Waals surface area (Å²) in [5.74, 6) is 0.425. The Hall–Kier alpha value is -2.67. The molecule has 0 unspecified atom stereocenters. The maximum absolute atomic E-state index is 13.2. The second-order valence-corrected chi connectivity index (χ2v) is 9.92. The number of amidine groups is 1. The van der Waals surface area contributed by atoms with Crippen LogP contribution in [-0.4, -0.2) is 37.1 Å². The molecule has 0 spiro atoms. The largest absolute Gasteiger partial charge is 0.339 e. The Morgan fingerprint density at radius 3 is 2.27 bits per heavy atom. The predicted molar refractivity (Wildman–Crippen MR) is 116 cm³/mol. The topological polar surface area (TPSA) is 78.8 Å². The molecule has 1 N–H and O–H groups in total. The van der Waals surface area contributed by atoms with Crippen LogP contribution < -0.4 is 5.32 Å². The number of rotatable bonds is 4. The highest BCUT2D eigenvalue weighted by Crippen LogP contribution is 2.35. The Bertz CT molecular complexity index is 1100. The first-order chi connectivity index (χ1) is 14.5. The van der Waals surface area contributed by atoms with E-state index in [0.717, 1.165) is 25.7 Å². The van der Waals surface area contributed by atoms with Crippen molar-refractivity contribution < 1.29 is 13.2 Å². The van der Waals surface area contributed by atoms with E-state index in [0.29, 0.717) is 34.7 Å². The molecule has 0 radical (unpaired) electrons. The van der Waals surface area contributed by atoms with Gasteiger partial charge in [0.2, 0.25) is 0 Å². The fourth-order valence-corrected chi connectivity index (χ4v) is 5.70. The first-order valence-corrected chi connectivity index (χ1v) is 12.1. The zero-order chi connectivity index (χ0) is 20.7. The average Bonchev–Trinajstić information content (AvgIpc) is 3.56. The van der Waals surface area contributed by atoms with Gasteiger partial charge in [-0.15, -0.1) is 4.40 Å². The molecule has 1 amide bonds. The summed E-state index contributed by atoms with van der Waals surface area (Å²) >= 11 is 0. The lowest BCUT2D eigenvalue weighted by Crippen LogP contribution is -2.43. The molecule has 3 aliphatic rings. The molecule has 2 aromatic rings. The van der Waals surface area contributed by atoms with E-state index in [1.54, 1.807) is 24.3 Å². The summed E-state index contributed by atoms with van der Waals surface area (Å²) in [6, 6.07) is 14.8. The van der Waals surface area contributed by atoms with E-state index in [9.17, 15) is 13.2 Å². The van der Waals surface area contributed by atoms with Crippen LogP contribution in [-0.2, 0) is 10.0 Å². The number of amides is 1. The lowest BCUT2D eigenvalue weighted by molar-refractivity contribution is 0.0614. The molecular weight excluding hydrogens is 398 g/mol. The van der Waals surface area contributed by atoms with Crippen LogP contribution in [0.1, 0.15) is 60.9 Å². The third-order valence-electron chi connectivity index (χ3n) is 6.17. The number of anilines is 1. The van der Waals surface area contributed by atoms with Crippen molar-refractivity contribution in [2.24, 2.45) is 4.40 Å². The van der Waals surface area contributed by atoms with Gasteiger partial charge in [-0.3, -0.25) is 4.79 Å². The van der Waals surface area contributed by atoms with Crippen molar-refractivity contribution in [1.29, 1.82) is 0 Å². The Labute approximate surface area is 177 Å². The summed E-state index contributed by atoms with van der Waals surface area (Å²) in [6.07, 6.45) is 8.11. The zero-order valence-electron chi connectivity index (χ0n) is 16.8. The van der Waals surface area contributed by atoms with Crippen LogP contribution in [0.15, 0.2) is 57.8 Å². The second-order valence-electron chi connectivity index (χ2n) is 8.35. The number of hydrogen-bond donors (Lipinski definition) is 1. The maximum atomic E-state index is 13.2. The van der Waals surface area contributed by atoms with Crippen LogP contribution in [0.2, 0.25) is 0 Å². The summed E-state index contributed by atoms with van der Waals surface area (Å²) in [5.41, 5.74) is 1.95. The van der Waals surface area contributed by atoms with Gasteiger partial charge in [0, 0.05) is 28.9 Å². The number of sulfonamides is 1. The van der Waals surface area contributed by atoms with Crippen LogP contribution in [0.25, 0.3) is 0 Å². The number of benzene rings is 2. The molecule has 0 bridgehead atoms.